The van der Waals surface area contributed by atoms with E-state index in [2.05, 4.69) is 5.32 Å². The zero-order valence-corrected chi connectivity index (χ0v) is 15.3. The maximum atomic E-state index is 12.9. The molecule has 1 fully saturated rings. The Labute approximate surface area is 156 Å². The van der Waals surface area contributed by atoms with Crippen LogP contribution in [0, 0.1) is 0 Å². The van der Waals surface area contributed by atoms with Gasteiger partial charge in [-0.25, -0.2) is 9.59 Å². The lowest BCUT2D eigenvalue weighted by molar-refractivity contribution is 0.0377. The van der Waals surface area contributed by atoms with E-state index in [9.17, 15) is 9.59 Å². The van der Waals surface area contributed by atoms with E-state index in [4.69, 9.17) is 14.2 Å². The van der Waals surface area contributed by atoms with Crippen molar-refractivity contribution in [2.75, 3.05) is 19.1 Å². The van der Waals surface area contributed by atoms with E-state index in [1.807, 2.05) is 25.1 Å². The number of esters is 1. The molecule has 2 aromatic carbocycles. The number of anilines is 1. The molecule has 2 aliphatic heterocycles. The van der Waals surface area contributed by atoms with Crippen LogP contribution in [0.3, 0.4) is 0 Å². The van der Waals surface area contributed by atoms with Crippen LogP contribution in [0.25, 0.3) is 0 Å². The first-order valence-electron chi connectivity index (χ1n) is 8.61. The van der Waals surface area contributed by atoms with Crippen LogP contribution in [0.2, 0.25) is 0 Å². The molecule has 27 heavy (non-hydrogen) atoms. The smallest absolute Gasteiger partial charge is 0.337 e. The maximum Gasteiger partial charge on any atom is 0.337 e. The number of hydrogen-bond acceptors (Lipinski definition) is 5. The number of rotatable bonds is 3. The summed E-state index contributed by atoms with van der Waals surface area (Å²) < 4.78 is 16.3. The number of carbonyl (C=O) groups excluding carboxylic acids is 2. The summed E-state index contributed by atoms with van der Waals surface area (Å²) in [4.78, 5) is 26.3. The summed E-state index contributed by atoms with van der Waals surface area (Å²) in [5.74, 6) is 0.866. The molecule has 2 aromatic rings. The van der Waals surface area contributed by atoms with Gasteiger partial charge in [0.25, 0.3) is 0 Å². The van der Waals surface area contributed by atoms with Crippen molar-refractivity contribution in [3.05, 3.63) is 53.6 Å². The molecule has 0 spiro atoms. The number of urea groups is 1. The maximum absolute atomic E-state index is 12.9. The van der Waals surface area contributed by atoms with Crippen LogP contribution < -0.4 is 19.7 Å². The Bertz CT molecular complexity index is 928. The van der Waals surface area contributed by atoms with Gasteiger partial charge in [-0.3, -0.25) is 4.90 Å². The molecular weight excluding hydrogens is 348 g/mol. The van der Waals surface area contributed by atoms with Crippen LogP contribution in [-0.4, -0.2) is 31.9 Å². The normalized spacial score (nSPS) is 23.0. The highest BCUT2D eigenvalue weighted by atomic mass is 16.5. The first-order chi connectivity index (χ1) is 12.9. The molecule has 2 aliphatic rings. The molecule has 2 atom stereocenters. The minimum absolute atomic E-state index is 0.252. The second-order valence-corrected chi connectivity index (χ2v) is 6.76. The van der Waals surface area contributed by atoms with Gasteiger partial charge in [0.15, 0.2) is 5.72 Å². The Balaban J connectivity index is 1.75. The van der Waals surface area contributed by atoms with E-state index in [1.54, 1.807) is 36.3 Å². The molecular formula is C20H20N2O5. The van der Waals surface area contributed by atoms with Gasteiger partial charge in [-0.15, -0.1) is 0 Å². The van der Waals surface area contributed by atoms with Crippen molar-refractivity contribution in [3.63, 3.8) is 0 Å². The fourth-order valence-corrected chi connectivity index (χ4v) is 3.76. The predicted molar refractivity (Wildman–Crippen MR) is 98.2 cm³/mol. The molecule has 7 nitrogen and oxygen atoms in total. The van der Waals surface area contributed by atoms with Gasteiger partial charge >= 0.3 is 12.0 Å². The number of nitrogens with zero attached hydrogens (tertiary/aromatic N) is 1. The highest BCUT2D eigenvalue weighted by molar-refractivity contribution is 5.95. The van der Waals surface area contributed by atoms with Crippen molar-refractivity contribution in [1.29, 1.82) is 0 Å². The monoisotopic (exact) mass is 368 g/mol. The Morgan fingerprint density at radius 1 is 1.26 bits per heavy atom. The average Bonchev–Trinajstić information content (AvgIpc) is 2.66. The van der Waals surface area contributed by atoms with Gasteiger partial charge in [0, 0.05) is 18.1 Å². The third kappa shape index (κ3) is 2.75. The first kappa shape index (κ1) is 17.2. The Morgan fingerprint density at radius 3 is 2.81 bits per heavy atom. The number of amides is 2. The Hall–Kier alpha value is -3.22. The molecule has 2 amide bonds. The Morgan fingerprint density at radius 2 is 2.07 bits per heavy atom. The van der Waals surface area contributed by atoms with Crippen molar-refractivity contribution >= 4 is 17.7 Å². The van der Waals surface area contributed by atoms with Gasteiger partial charge in [-0.1, -0.05) is 6.07 Å². The van der Waals surface area contributed by atoms with E-state index >= 15 is 0 Å². The average molecular weight is 368 g/mol. The van der Waals surface area contributed by atoms with E-state index in [0.29, 0.717) is 29.2 Å². The van der Waals surface area contributed by atoms with Crippen molar-refractivity contribution in [2.24, 2.45) is 0 Å². The van der Waals surface area contributed by atoms with Gasteiger partial charge in [0.2, 0.25) is 0 Å². The number of hydrogen-bond donors (Lipinski definition) is 1. The van der Waals surface area contributed by atoms with Crippen molar-refractivity contribution in [1.82, 2.24) is 5.32 Å². The summed E-state index contributed by atoms with van der Waals surface area (Å²) in [5.41, 5.74) is 1.02. The molecule has 0 saturated carbocycles. The van der Waals surface area contributed by atoms with Crippen LogP contribution in [0.5, 0.6) is 11.5 Å². The van der Waals surface area contributed by atoms with Gasteiger partial charge in [-0.05, 0) is 37.3 Å². The van der Waals surface area contributed by atoms with Gasteiger partial charge in [0.05, 0.1) is 31.5 Å². The fourth-order valence-electron chi connectivity index (χ4n) is 3.76. The third-order valence-electron chi connectivity index (χ3n) is 5.00. The lowest BCUT2D eigenvalue weighted by Crippen LogP contribution is -2.65. The van der Waals surface area contributed by atoms with Gasteiger partial charge in [0.1, 0.15) is 11.5 Å². The molecule has 1 N–H and O–H groups in total. The number of fused-ring (bicyclic) bond motifs is 4. The SMILES string of the molecule is COC(=O)c1ccc2c(c1)[C@@H]1C[C@@](C)(O2)N(c2cccc(OC)c2)C(=O)N1. The van der Waals surface area contributed by atoms with E-state index in [1.165, 1.54) is 7.11 Å². The number of carbonyl (C=O) groups is 2. The molecule has 0 unspecified atom stereocenters. The molecule has 2 bridgehead atoms. The molecule has 1 saturated heterocycles. The number of benzene rings is 2. The lowest BCUT2D eigenvalue weighted by atomic mass is 9.89. The number of nitrogens with one attached hydrogen (secondary N) is 1. The van der Waals surface area contributed by atoms with Crippen LogP contribution in [0.1, 0.15) is 35.3 Å². The van der Waals surface area contributed by atoms with Crippen LogP contribution >= 0.6 is 0 Å². The second-order valence-electron chi connectivity index (χ2n) is 6.76. The minimum Gasteiger partial charge on any atom is -0.497 e. The molecule has 7 heteroatoms. The van der Waals surface area contributed by atoms with Crippen LogP contribution in [-0.2, 0) is 4.74 Å². The van der Waals surface area contributed by atoms with E-state index in [-0.39, 0.29) is 12.1 Å². The third-order valence-corrected chi connectivity index (χ3v) is 5.00. The lowest BCUT2D eigenvalue weighted by Gasteiger charge is -2.50. The summed E-state index contributed by atoms with van der Waals surface area (Å²) >= 11 is 0. The summed E-state index contributed by atoms with van der Waals surface area (Å²) in [6, 6.07) is 11.9. The summed E-state index contributed by atoms with van der Waals surface area (Å²) in [7, 11) is 2.92. The largest absolute Gasteiger partial charge is 0.497 e. The zero-order valence-electron chi connectivity index (χ0n) is 15.3. The van der Waals surface area contributed by atoms with E-state index < -0.39 is 11.7 Å². The summed E-state index contributed by atoms with van der Waals surface area (Å²) in [6.07, 6.45) is 0.535. The van der Waals surface area contributed by atoms with Crippen LogP contribution in [0.15, 0.2) is 42.5 Å². The molecule has 4 rings (SSSR count). The zero-order chi connectivity index (χ0) is 19.2. The fraction of sp³-hybridized carbons (Fsp3) is 0.300. The number of ether oxygens (including phenoxy) is 3. The highest BCUT2D eigenvalue weighted by Crippen LogP contribution is 2.46. The highest BCUT2D eigenvalue weighted by Gasteiger charge is 2.50. The van der Waals surface area contributed by atoms with E-state index in [0.717, 1.165) is 5.56 Å². The quantitative estimate of drug-likeness (QED) is 0.842. The predicted octanol–water partition coefficient (Wildman–Crippen LogP) is 3.25. The van der Waals surface area contributed by atoms with Crippen LogP contribution in [0.4, 0.5) is 10.5 Å². The summed E-state index contributed by atoms with van der Waals surface area (Å²) in [6.45, 7) is 1.88. The standard InChI is InChI=1S/C20H20N2O5/c1-20-11-16(15-9-12(18(23)26-3)7-8-17(15)27-20)21-19(24)22(20)13-5-4-6-14(10-13)25-2/h4-10,16H,11H2,1-3H3,(H,21,24)/t16-,20+/m0/s1. The Kier molecular flexibility index (Phi) is 3.95. The summed E-state index contributed by atoms with van der Waals surface area (Å²) in [5, 5.41) is 3.01. The van der Waals surface area contributed by atoms with Crippen molar-refractivity contribution in [2.45, 2.75) is 25.1 Å². The molecule has 2 heterocycles. The topological polar surface area (TPSA) is 77.1 Å². The minimum atomic E-state index is -0.862. The molecule has 0 aliphatic carbocycles. The molecule has 140 valence electrons. The van der Waals surface area contributed by atoms with Crippen molar-refractivity contribution in [3.8, 4) is 11.5 Å². The first-order valence-corrected chi connectivity index (χ1v) is 8.61. The van der Waals surface area contributed by atoms with Crippen molar-refractivity contribution < 1.29 is 23.8 Å². The van der Waals surface area contributed by atoms with Gasteiger partial charge < -0.3 is 19.5 Å². The second kappa shape index (κ2) is 6.19. The molecule has 0 radical (unpaired) electrons. The number of methoxy groups -OCH3 is 2. The van der Waals surface area contributed by atoms with Gasteiger partial charge in [-0.2, -0.15) is 0 Å². The molecule has 0 aromatic heterocycles.